The summed E-state index contributed by atoms with van der Waals surface area (Å²) < 4.78 is 1.89. The molecule has 1 aliphatic rings. The SMILES string of the molecule is Cc1nn(-c2ccccn2)c(C)c1N1CCN(C(=O)NCc2cccs2)CC1. The molecule has 1 saturated heterocycles. The standard InChI is InChI=1S/C20H24N6OS/c1-15-19(16(2)26(23-15)18-7-3-4-8-21-18)24-9-11-25(12-10-24)20(27)22-14-17-6-5-13-28-17/h3-8,13H,9-12,14H2,1-2H3,(H,22,27). The van der Waals surface area contributed by atoms with E-state index in [0.717, 1.165) is 36.0 Å². The summed E-state index contributed by atoms with van der Waals surface area (Å²) in [5, 5.41) is 9.72. The van der Waals surface area contributed by atoms with Gasteiger partial charge in [-0.1, -0.05) is 12.1 Å². The Balaban J connectivity index is 1.40. The van der Waals surface area contributed by atoms with Crippen molar-refractivity contribution < 1.29 is 4.79 Å². The van der Waals surface area contributed by atoms with Crippen LogP contribution >= 0.6 is 11.3 Å². The van der Waals surface area contributed by atoms with Crippen molar-refractivity contribution in [2.75, 3.05) is 31.1 Å². The summed E-state index contributed by atoms with van der Waals surface area (Å²) in [7, 11) is 0. The first kappa shape index (κ1) is 18.5. The number of aromatic nitrogens is 3. The first-order valence-electron chi connectivity index (χ1n) is 9.41. The van der Waals surface area contributed by atoms with Crippen molar-refractivity contribution in [1.29, 1.82) is 0 Å². The van der Waals surface area contributed by atoms with E-state index in [1.807, 2.05) is 52.2 Å². The lowest BCUT2D eigenvalue weighted by atomic mass is 10.2. The van der Waals surface area contributed by atoms with Crippen LogP contribution in [0.1, 0.15) is 16.3 Å². The van der Waals surface area contributed by atoms with Gasteiger partial charge in [0.25, 0.3) is 0 Å². The molecular formula is C20H24N6OS. The van der Waals surface area contributed by atoms with Crippen molar-refractivity contribution in [3.63, 3.8) is 0 Å². The van der Waals surface area contributed by atoms with Crippen LogP contribution in [0.2, 0.25) is 0 Å². The number of carbonyl (C=O) groups is 1. The Kier molecular flexibility index (Phi) is 5.29. The molecule has 7 nitrogen and oxygen atoms in total. The van der Waals surface area contributed by atoms with E-state index < -0.39 is 0 Å². The third-order valence-electron chi connectivity index (χ3n) is 5.00. The molecule has 0 aromatic carbocycles. The lowest BCUT2D eigenvalue weighted by molar-refractivity contribution is 0.194. The van der Waals surface area contributed by atoms with E-state index in [0.29, 0.717) is 19.6 Å². The van der Waals surface area contributed by atoms with Crippen LogP contribution in [-0.4, -0.2) is 51.9 Å². The summed E-state index contributed by atoms with van der Waals surface area (Å²) in [4.78, 5) is 22.2. The van der Waals surface area contributed by atoms with Crippen LogP contribution in [0.25, 0.3) is 5.82 Å². The average Bonchev–Trinajstić information content (AvgIpc) is 3.35. The first-order chi connectivity index (χ1) is 13.6. The van der Waals surface area contributed by atoms with Crippen LogP contribution in [0.15, 0.2) is 41.9 Å². The molecular weight excluding hydrogens is 372 g/mol. The second-order valence-electron chi connectivity index (χ2n) is 6.83. The van der Waals surface area contributed by atoms with Crippen molar-refractivity contribution in [3.05, 3.63) is 58.2 Å². The van der Waals surface area contributed by atoms with Gasteiger partial charge in [0, 0.05) is 37.3 Å². The maximum atomic E-state index is 12.4. The normalized spacial score (nSPS) is 14.4. The van der Waals surface area contributed by atoms with Gasteiger partial charge in [-0.15, -0.1) is 11.3 Å². The fourth-order valence-electron chi connectivity index (χ4n) is 3.62. The molecule has 4 heterocycles. The predicted molar refractivity (Wildman–Crippen MR) is 111 cm³/mol. The zero-order chi connectivity index (χ0) is 19.5. The van der Waals surface area contributed by atoms with Gasteiger partial charge < -0.3 is 15.1 Å². The van der Waals surface area contributed by atoms with Gasteiger partial charge in [-0.2, -0.15) is 5.10 Å². The Labute approximate surface area is 168 Å². The first-order valence-corrected chi connectivity index (χ1v) is 10.3. The molecule has 0 atom stereocenters. The van der Waals surface area contributed by atoms with Gasteiger partial charge in [0.1, 0.15) is 0 Å². The number of rotatable bonds is 4. The van der Waals surface area contributed by atoms with Crippen molar-refractivity contribution in [3.8, 4) is 5.82 Å². The summed E-state index contributed by atoms with van der Waals surface area (Å²) >= 11 is 1.66. The number of nitrogens with one attached hydrogen (secondary N) is 1. The van der Waals surface area contributed by atoms with E-state index in [1.165, 1.54) is 4.88 Å². The monoisotopic (exact) mass is 396 g/mol. The minimum absolute atomic E-state index is 0.00525. The highest BCUT2D eigenvalue weighted by Gasteiger charge is 2.25. The highest BCUT2D eigenvalue weighted by Crippen LogP contribution is 2.27. The number of amides is 2. The van der Waals surface area contributed by atoms with Crippen molar-refractivity contribution in [1.82, 2.24) is 25.0 Å². The molecule has 0 aliphatic carbocycles. The van der Waals surface area contributed by atoms with Gasteiger partial charge in [-0.25, -0.2) is 14.5 Å². The van der Waals surface area contributed by atoms with E-state index in [9.17, 15) is 4.79 Å². The molecule has 1 N–H and O–H groups in total. The van der Waals surface area contributed by atoms with E-state index in [4.69, 9.17) is 0 Å². The zero-order valence-corrected chi connectivity index (χ0v) is 16.9. The topological polar surface area (TPSA) is 66.3 Å². The predicted octanol–water partition coefficient (Wildman–Crippen LogP) is 2.98. The van der Waals surface area contributed by atoms with E-state index in [1.54, 1.807) is 17.5 Å². The lowest BCUT2D eigenvalue weighted by Crippen LogP contribution is -2.51. The fraction of sp³-hybridized carbons (Fsp3) is 0.350. The third-order valence-corrected chi connectivity index (χ3v) is 5.87. The maximum absolute atomic E-state index is 12.4. The van der Waals surface area contributed by atoms with Crippen LogP contribution in [0, 0.1) is 13.8 Å². The highest BCUT2D eigenvalue weighted by atomic mass is 32.1. The number of anilines is 1. The Morgan fingerprint density at radius 3 is 2.64 bits per heavy atom. The van der Waals surface area contributed by atoms with Crippen LogP contribution < -0.4 is 10.2 Å². The Morgan fingerprint density at radius 1 is 1.14 bits per heavy atom. The van der Waals surface area contributed by atoms with Gasteiger partial charge in [0.15, 0.2) is 5.82 Å². The molecule has 1 aliphatic heterocycles. The van der Waals surface area contributed by atoms with Gasteiger partial charge in [0.05, 0.1) is 23.6 Å². The van der Waals surface area contributed by atoms with Gasteiger partial charge in [-0.05, 0) is 37.4 Å². The Morgan fingerprint density at radius 2 is 1.96 bits per heavy atom. The molecule has 0 spiro atoms. The lowest BCUT2D eigenvalue weighted by Gasteiger charge is -2.36. The number of pyridine rings is 1. The van der Waals surface area contributed by atoms with Crippen LogP contribution in [0.5, 0.6) is 0 Å². The van der Waals surface area contributed by atoms with E-state index >= 15 is 0 Å². The molecule has 28 heavy (non-hydrogen) atoms. The largest absolute Gasteiger partial charge is 0.365 e. The summed E-state index contributed by atoms with van der Waals surface area (Å²) in [6.45, 7) is 7.68. The van der Waals surface area contributed by atoms with Crippen molar-refractivity contribution >= 4 is 23.1 Å². The zero-order valence-electron chi connectivity index (χ0n) is 16.1. The third kappa shape index (κ3) is 3.73. The molecule has 3 aromatic heterocycles. The second-order valence-corrected chi connectivity index (χ2v) is 7.86. The molecule has 0 saturated carbocycles. The summed E-state index contributed by atoms with van der Waals surface area (Å²) in [5.74, 6) is 0.820. The molecule has 0 radical (unpaired) electrons. The summed E-state index contributed by atoms with van der Waals surface area (Å²) in [6.07, 6.45) is 1.78. The minimum Gasteiger partial charge on any atom is -0.365 e. The Bertz CT molecular complexity index is 929. The summed E-state index contributed by atoms with van der Waals surface area (Å²) in [6, 6.07) is 9.86. The number of urea groups is 1. The van der Waals surface area contributed by atoms with Crippen LogP contribution in [0.4, 0.5) is 10.5 Å². The fourth-order valence-corrected chi connectivity index (χ4v) is 4.26. The van der Waals surface area contributed by atoms with E-state index in [-0.39, 0.29) is 6.03 Å². The molecule has 8 heteroatoms. The quantitative estimate of drug-likeness (QED) is 0.736. The number of carbonyl (C=O) groups excluding carboxylic acids is 1. The highest BCUT2D eigenvalue weighted by molar-refractivity contribution is 7.09. The van der Waals surface area contributed by atoms with Crippen molar-refractivity contribution in [2.45, 2.75) is 20.4 Å². The smallest absolute Gasteiger partial charge is 0.317 e. The molecule has 0 bridgehead atoms. The van der Waals surface area contributed by atoms with Gasteiger partial charge in [0.2, 0.25) is 0 Å². The van der Waals surface area contributed by atoms with Crippen LogP contribution in [0.3, 0.4) is 0 Å². The number of hydrogen-bond donors (Lipinski definition) is 1. The molecule has 3 aromatic rings. The number of piperazine rings is 1. The number of aryl methyl sites for hydroxylation is 1. The molecule has 146 valence electrons. The number of nitrogens with zero attached hydrogens (tertiary/aromatic N) is 5. The maximum Gasteiger partial charge on any atom is 0.317 e. The molecule has 1 fully saturated rings. The van der Waals surface area contributed by atoms with Crippen molar-refractivity contribution in [2.24, 2.45) is 0 Å². The Hall–Kier alpha value is -2.87. The van der Waals surface area contributed by atoms with Crippen LogP contribution in [-0.2, 0) is 6.54 Å². The molecule has 2 amide bonds. The number of hydrogen-bond acceptors (Lipinski definition) is 5. The second kappa shape index (κ2) is 8.02. The van der Waals surface area contributed by atoms with E-state index in [2.05, 4.69) is 27.2 Å². The summed E-state index contributed by atoms with van der Waals surface area (Å²) in [5.41, 5.74) is 3.20. The minimum atomic E-state index is 0.00525. The average molecular weight is 397 g/mol. The number of thiophene rings is 1. The van der Waals surface area contributed by atoms with Gasteiger partial charge >= 0.3 is 6.03 Å². The molecule has 0 unspecified atom stereocenters. The van der Waals surface area contributed by atoms with Gasteiger partial charge in [-0.3, -0.25) is 0 Å². The molecule has 4 rings (SSSR count).